The summed E-state index contributed by atoms with van der Waals surface area (Å²) in [5.41, 5.74) is 0.893. The van der Waals surface area contributed by atoms with Gasteiger partial charge in [0.25, 0.3) is 0 Å². The molecule has 134 valence electrons. The summed E-state index contributed by atoms with van der Waals surface area (Å²) < 4.78 is 30.9. The Morgan fingerprint density at radius 1 is 1.20 bits per heavy atom. The lowest BCUT2D eigenvalue weighted by molar-refractivity contribution is -0.114. The van der Waals surface area contributed by atoms with Gasteiger partial charge in [0.15, 0.2) is 0 Å². The molecule has 2 aromatic rings. The molecule has 0 heterocycles. The Morgan fingerprint density at radius 2 is 1.88 bits per heavy atom. The summed E-state index contributed by atoms with van der Waals surface area (Å²) in [5, 5.41) is 3.13. The van der Waals surface area contributed by atoms with Crippen molar-refractivity contribution in [1.82, 2.24) is 0 Å². The smallest absolute Gasteiger partial charge is 0.245 e. The van der Waals surface area contributed by atoms with Gasteiger partial charge < -0.3 is 10.1 Å². The SMILES string of the molecule is CCS(=O)(=O)N(CC(=O)Nc1cccc(Cl)c1)c1ccc(OC)cc1. The summed E-state index contributed by atoms with van der Waals surface area (Å²) in [4.78, 5) is 12.3. The molecule has 0 unspecified atom stereocenters. The van der Waals surface area contributed by atoms with E-state index in [9.17, 15) is 13.2 Å². The fraction of sp³-hybridized carbons (Fsp3) is 0.235. The van der Waals surface area contributed by atoms with Gasteiger partial charge in [-0.1, -0.05) is 17.7 Å². The van der Waals surface area contributed by atoms with Crippen LogP contribution >= 0.6 is 11.6 Å². The third-order valence-corrected chi connectivity index (χ3v) is 5.43. The molecule has 8 heteroatoms. The zero-order valence-electron chi connectivity index (χ0n) is 13.9. The molecule has 2 rings (SSSR count). The van der Waals surface area contributed by atoms with E-state index in [1.54, 1.807) is 48.5 Å². The van der Waals surface area contributed by atoms with Crippen LogP contribution in [0.5, 0.6) is 5.75 Å². The Labute approximate surface area is 152 Å². The summed E-state index contributed by atoms with van der Waals surface area (Å²) >= 11 is 5.88. The van der Waals surface area contributed by atoms with Crippen LogP contribution in [0.2, 0.25) is 5.02 Å². The van der Waals surface area contributed by atoms with E-state index in [1.807, 2.05) is 0 Å². The maximum atomic E-state index is 12.4. The lowest BCUT2D eigenvalue weighted by atomic mass is 10.3. The van der Waals surface area contributed by atoms with Crippen molar-refractivity contribution in [3.8, 4) is 5.75 Å². The molecule has 1 N–H and O–H groups in total. The van der Waals surface area contributed by atoms with Gasteiger partial charge in [-0.25, -0.2) is 8.42 Å². The number of ether oxygens (including phenoxy) is 1. The molecule has 25 heavy (non-hydrogen) atoms. The van der Waals surface area contributed by atoms with E-state index in [4.69, 9.17) is 16.3 Å². The minimum absolute atomic E-state index is 0.122. The van der Waals surface area contributed by atoms with Crippen LogP contribution in [-0.4, -0.2) is 33.7 Å². The van der Waals surface area contributed by atoms with Crippen molar-refractivity contribution in [3.05, 3.63) is 53.6 Å². The normalized spacial score (nSPS) is 11.0. The Morgan fingerprint density at radius 3 is 2.44 bits per heavy atom. The molecular weight excluding hydrogens is 364 g/mol. The van der Waals surface area contributed by atoms with Crippen molar-refractivity contribution in [3.63, 3.8) is 0 Å². The van der Waals surface area contributed by atoms with E-state index in [2.05, 4.69) is 5.32 Å². The fourth-order valence-corrected chi connectivity index (χ4v) is 3.41. The van der Waals surface area contributed by atoms with Gasteiger partial charge in [-0.15, -0.1) is 0 Å². The molecule has 0 bridgehead atoms. The first-order valence-electron chi connectivity index (χ1n) is 7.55. The second-order valence-corrected chi connectivity index (χ2v) is 7.78. The summed E-state index contributed by atoms with van der Waals surface area (Å²) in [6.07, 6.45) is 0. The number of halogens is 1. The van der Waals surface area contributed by atoms with Crippen molar-refractivity contribution >= 4 is 38.9 Å². The van der Waals surface area contributed by atoms with Crippen LogP contribution in [0.25, 0.3) is 0 Å². The first-order valence-corrected chi connectivity index (χ1v) is 9.54. The lowest BCUT2D eigenvalue weighted by Gasteiger charge is -2.23. The summed E-state index contributed by atoms with van der Waals surface area (Å²) in [7, 11) is -2.10. The van der Waals surface area contributed by atoms with Crippen LogP contribution in [0.3, 0.4) is 0 Å². The van der Waals surface area contributed by atoms with Crippen LogP contribution in [0, 0.1) is 0 Å². The Hall–Kier alpha value is -2.25. The highest BCUT2D eigenvalue weighted by Crippen LogP contribution is 2.22. The molecule has 0 atom stereocenters. The minimum Gasteiger partial charge on any atom is -0.497 e. The average Bonchev–Trinajstić information content (AvgIpc) is 2.60. The Bertz CT molecular complexity index is 838. The Balaban J connectivity index is 2.22. The highest BCUT2D eigenvalue weighted by atomic mass is 35.5. The fourth-order valence-electron chi connectivity index (χ4n) is 2.15. The van der Waals surface area contributed by atoms with E-state index in [0.717, 1.165) is 4.31 Å². The molecule has 0 radical (unpaired) electrons. The third kappa shape index (κ3) is 5.11. The van der Waals surface area contributed by atoms with Crippen molar-refractivity contribution in [2.24, 2.45) is 0 Å². The van der Waals surface area contributed by atoms with Crippen molar-refractivity contribution in [2.75, 3.05) is 29.0 Å². The molecule has 0 spiro atoms. The zero-order chi connectivity index (χ0) is 18.4. The second-order valence-electron chi connectivity index (χ2n) is 5.16. The molecule has 0 aromatic heterocycles. The van der Waals surface area contributed by atoms with Crippen molar-refractivity contribution in [1.29, 1.82) is 0 Å². The second kappa shape index (κ2) is 8.22. The molecule has 0 aliphatic heterocycles. The van der Waals surface area contributed by atoms with Gasteiger partial charge in [-0.3, -0.25) is 9.10 Å². The van der Waals surface area contributed by atoms with Gasteiger partial charge in [-0.2, -0.15) is 0 Å². The van der Waals surface area contributed by atoms with Crippen LogP contribution in [0.1, 0.15) is 6.92 Å². The van der Waals surface area contributed by atoms with Gasteiger partial charge in [0.2, 0.25) is 15.9 Å². The van der Waals surface area contributed by atoms with Crippen LogP contribution < -0.4 is 14.4 Å². The van der Waals surface area contributed by atoms with E-state index in [-0.39, 0.29) is 12.3 Å². The standard InChI is InChI=1S/C17H19ClN2O4S/c1-3-25(22,23)20(15-7-9-16(24-2)10-8-15)12-17(21)19-14-6-4-5-13(18)11-14/h4-11H,3,12H2,1-2H3,(H,19,21). The molecule has 0 fully saturated rings. The number of amides is 1. The number of methoxy groups -OCH3 is 1. The maximum Gasteiger partial charge on any atom is 0.245 e. The summed E-state index contributed by atoms with van der Waals surface area (Å²) in [6, 6.07) is 13.1. The molecule has 0 saturated heterocycles. The van der Waals surface area contributed by atoms with E-state index >= 15 is 0 Å². The van der Waals surface area contributed by atoms with Crippen LogP contribution in [0.4, 0.5) is 11.4 Å². The number of carbonyl (C=O) groups is 1. The quantitative estimate of drug-likeness (QED) is 0.798. The maximum absolute atomic E-state index is 12.4. The summed E-state index contributed by atoms with van der Waals surface area (Å²) in [5.74, 6) is 0.0137. The molecule has 0 saturated carbocycles. The van der Waals surface area contributed by atoms with Gasteiger partial charge in [-0.05, 0) is 49.4 Å². The predicted octanol–water partition coefficient (Wildman–Crippen LogP) is 3.14. The minimum atomic E-state index is -3.62. The van der Waals surface area contributed by atoms with Gasteiger partial charge >= 0.3 is 0 Å². The van der Waals surface area contributed by atoms with Crippen LogP contribution in [0.15, 0.2) is 48.5 Å². The number of nitrogens with zero attached hydrogens (tertiary/aromatic N) is 1. The molecule has 6 nitrogen and oxygen atoms in total. The number of hydrogen-bond donors (Lipinski definition) is 1. The molecular formula is C17H19ClN2O4S. The first kappa shape index (κ1) is 19.1. The topological polar surface area (TPSA) is 75.7 Å². The van der Waals surface area contributed by atoms with Crippen LogP contribution in [-0.2, 0) is 14.8 Å². The van der Waals surface area contributed by atoms with Crippen molar-refractivity contribution < 1.29 is 17.9 Å². The average molecular weight is 383 g/mol. The van der Waals surface area contributed by atoms with Gasteiger partial charge in [0.1, 0.15) is 12.3 Å². The van der Waals surface area contributed by atoms with E-state index in [1.165, 1.54) is 14.0 Å². The monoisotopic (exact) mass is 382 g/mol. The molecule has 1 amide bonds. The number of rotatable bonds is 7. The van der Waals surface area contributed by atoms with Crippen molar-refractivity contribution in [2.45, 2.75) is 6.92 Å². The number of sulfonamides is 1. The number of nitrogens with one attached hydrogen (secondary N) is 1. The predicted molar refractivity (Wildman–Crippen MR) is 99.9 cm³/mol. The molecule has 0 aliphatic carbocycles. The number of anilines is 2. The lowest BCUT2D eigenvalue weighted by Crippen LogP contribution is -2.39. The number of carbonyl (C=O) groups excluding carboxylic acids is 1. The Kier molecular flexibility index (Phi) is 6.27. The third-order valence-electron chi connectivity index (χ3n) is 3.46. The van der Waals surface area contributed by atoms with E-state index < -0.39 is 15.9 Å². The van der Waals surface area contributed by atoms with E-state index in [0.29, 0.717) is 22.1 Å². The molecule has 0 aliphatic rings. The largest absolute Gasteiger partial charge is 0.497 e. The van der Waals surface area contributed by atoms with Gasteiger partial charge in [0, 0.05) is 10.7 Å². The number of hydrogen-bond acceptors (Lipinski definition) is 4. The first-order chi connectivity index (χ1) is 11.9. The number of benzene rings is 2. The van der Waals surface area contributed by atoms with Gasteiger partial charge in [0.05, 0.1) is 18.6 Å². The highest BCUT2D eigenvalue weighted by Gasteiger charge is 2.23. The summed E-state index contributed by atoms with van der Waals surface area (Å²) in [6.45, 7) is 1.19. The zero-order valence-corrected chi connectivity index (χ0v) is 15.5. The highest BCUT2D eigenvalue weighted by molar-refractivity contribution is 7.92. The molecule has 2 aromatic carbocycles.